The topological polar surface area (TPSA) is 79.5 Å². The Morgan fingerprint density at radius 2 is 2.00 bits per heavy atom. The highest BCUT2D eigenvalue weighted by molar-refractivity contribution is 9.10. The number of benzene rings is 1. The lowest BCUT2D eigenvalue weighted by molar-refractivity contribution is -0.139. The normalized spacial score (nSPS) is 17.3. The van der Waals surface area contributed by atoms with E-state index in [0.717, 1.165) is 10.2 Å². The van der Waals surface area contributed by atoms with E-state index in [0.29, 0.717) is 30.8 Å². The molecule has 0 aromatic heterocycles. The van der Waals surface area contributed by atoms with Gasteiger partial charge in [0.1, 0.15) is 0 Å². The lowest BCUT2D eigenvalue weighted by Crippen LogP contribution is -2.51. The summed E-state index contributed by atoms with van der Waals surface area (Å²) in [5.41, 5.74) is 1.91. The van der Waals surface area contributed by atoms with Crippen LogP contribution in [0.25, 0.3) is 0 Å². The summed E-state index contributed by atoms with van der Waals surface area (Å²) >= 11 is 3.38. The van der Waals surface area contributed by atoms with Crippen LogP contribution in [0.4, 0.5) is 10.5 Å². The summed E-state index contributed by atoms with van der Waals surface area (Å²) in [6.07, 6.45) is 0.614. The maximum absolute atomic E-state index is 12.2. The van der Waals surface area contributed by atoms with Gasteiger partial charge in [0.05, 0.1) is 30.5 Å². The molecule has 7 heteroatoms. The van der Waals surface area contributed by atoms with E-state index in [4.69, 9.17) is 4.74 Å². The molecule has 1 aromatic carbocycles. The van der Waals surface area contributed by atoms with Crippen LogP contribution in [0.3, 0.4) is 0 Å². The Hall–Kier alpha value is -2.02. The van der Waals surface area contributed by atoms with Crippen LogP contribution in [0, 0.1) is 0 Å². The number of hydrogen-bond donors (Lipinski definition) is 3. The van der Waals surface area contributed by atoms with Crippen LogP contribution in [0.5, 0.6) is 0 Å². The van der Waals surface area contributed by atoms with E-state index in [9.17, 15) is 9.59 Å². The molecule has 0 aliphatic carbocycles. The van der Waals surface area contributed by atoms with Gasteiger partial charge in [-0.3, -0.25) is 0 Å². The van der Waals surface area contributed by atoms with Gasteiger partial charge in [-0.2, -0.15) is 0 Å². The molecule has 2 rings (SSSR count). The minimum atomic E-state index is -0.403. The molecule has 0 bridgehead atoms. The van der Waals surface area contributed by atoms with Crippen molar-refractivity contribution < 1.29 is 14.3 Å². The Morgan fingerprint density at radius 3 is 2.61 bits per heavy atom. The fraction of sp³-hybridized carbons (Fsp3) is 0.375. The van der Waals surface area contributed by atoms with E-state index in [1.54, 1.807) is 6.92 Å². The molecule has 1 aliphatic heterocycles. The molecule has 3 N–H and O–H groups in total. The number of anilines is 1. The van der Waals surface area contributed by atoms with Crippen molar-refractivity contribution in [3.63, 3.8) is 0 Å². The zero-order valence-corrected chi connectivity index (χ0v) is 14.7. The number of urea groups is 1. The standard InChI is InChI=1S/C16H20BrN3O3/c1-3-12-14(15(21)23-4-2)13(20-16(22)19-12)9-18-11-7-5-10(17)6-8-11/h5-8,12,18H,3-4,9H2,1-2H3,(H2,19,20,22)/t12-/m0/s1. The van der Waals surface area contributed by atoms with Gasteiger partial charge >= 0.3 is 12.0 Å². The fourth-order valence-corrected chi connectivity index (χ4v) is 2.62. The van der Waals surface area contributed by atoms with Crippen LogP contribution in [-0.4, -0.2) is 31.2 Å². The Bertz CT molecular complexity index is 614. The summed E-state index contributed by atoms with van der Waals surface area (Å²) in [6, 6.07) is 7.00. The molecule has 1 heterocycles. The third-order valence-corrected chi connectivity index (χ3v) is 3.99. The summed E-state index contributed by atoms with van der Waals surface area (Å²) in [5, 5.41) is 8.66. The number of carbonyl (C=O) groups excluding carboxylic acids is 2. The van der Waals surface area contributed by atoms with Crippen LogP contribution in [0.2, 0.25) is 0 Å². The second-order valence-corrected chi connectivity index (χ2v) is 5.95. The molecule has 1 aliphatic rings. The van der Waals surface area contributed by atoms with Gasteiger partial charge in [0, 0.05) is 10.2 Å². The van der Waals surface area contributed by atoms with E-state index in [1.807, 2.05) is 31.2 Å². The second-order valence-electron chi connectivity index (χ2n) is 5.03. The molecule has 0 unspecified atom stereocenters. The molecule has 23 heavy (non-hydrogen) atoms. The number of amides is 2. The van der Waals surface area contributed by atoms with Crippen molar-refractivity contribution in [3.05, 3.63) is 40.0 Å². The van der Waals surface area contributed by atoms with Crippen LogP contribution >= 0.6 is 15.9 Å². The lowest BCUT2D eigenvalue weighted by atomic mass is 10.00. The van der Waals surface area contributed by atoms with Crippen LogP contribution < -0.4 is 16.0 Å². The minimum absolute atomic E-state index is 0.292. The molecule has 0 radical (unpaired) electrons. The van der Waals surface area contributed by atoms with Crippen LogP contribution in [0.15, 0.2) is 40.0 Å². The van der Waals surface area contributed by atoms with Gasteiger partial charge in [0.25, 0.3) is 0 Å². The Balaban J connectivity index is 2.22. The molecular formula is C16H20BrN3O3. The first kappa shape index (κ1) is 17.3. The molecule has 0 spiro atoms. The van der Waals surface area contributed by atoms with Gasteiger partial charge in [-0.05, 0) is 37.6 Å². The summed E-state index contributed by atoms with van der Waals surface area (Å²) in [5.74, 6) is -0.403. The van der Waals surface area contributed by atoms with Gasteiger partial charge in [0.2, 0.25) is 0 Å². The van der Waals surface area contributed by atoms with E-state index in [1.165, 1.54) is 0 Å². The highest BCUT2D eigenvalue weighted by atomic mass is 79.9. The molecule has 2 amide bonds. The van der Waals surface area contributed by atoms with E-state index >= 15 is 0 Å². The van der Waals surface area contributed by atoms with Crippen molar-refractivity contribution >= 4 is 33.6 Å². The third kappa shape index (κ3) is 4.48. The molecule has 0 saturated heterocycles. The number of halogens is 1. The van der Waals surface area contributed by atoms with Crippen molar-refractivity contribution in [3.8, 4) is 0 Å². The minimum Gasteiger partial charge on any atom is -0.463 e. The first-order chi connectivity index (χ1) is 11.0. The van der Waals surface area contributed by atoms with Gasteiger partial charge < -0.3 is 20.7 Å². The van der Waals surface area contributed by atoms with E-state index < -0.39 is 5.97 Å². The number of hydrogen-bond acceptors (Lipinski definition) is 4. The number of carbonyl (C=O) groups is 2. The molecule has 0 fully saturated rings. The predicted molar refractivity (Wildman–Crippen MR) is 92.0 cm³/mol. The predicted octanol–water partition coefficient (Wildman–Crippen LogP) is 2.77. The van der Waals surface area contributed by atoms with E-state index in [2.05, 4.69) is 31.9 Å². The summed E-state index contributed by atoms with van der Waals surface area (Å²) < 4.78 is 6.11. The summed E-state index contributed by atoms with van der Waals surface area (Å²) in [6.45, 7) is 4.29. The Labute approximate surface area is 143 Å². The molecular weight excluding hydrogens is 362 g/mol. The maximum atomic E-state index is 12.2. The average Bonchev–Trinajstić information content (AvgIpc) is 2.53. The zero-order valence-electron chi connectivity index (χ0n) is 13.1. The first-order valence-corrected chi connectivity index (χ1v) is 8.31. The third-order valence-electron chi connectivity index (χ3n) is 3.46. The molecule has 1 atom stereocenters. The molecule has 124 valence electrons. The summed E-state index contributed by atoms with van der Waals surface area (Å²) in [7, 11) is 0. The number of nitrogens with one attached hydrogen (secondary N) is 3. The quantitative estimate of drug-likeness (QED) is 0.661. The van der Waals surface area contributed by atoms with Crippen molar-refractivity contribution in [2.24, 2.45) is 0 Å². The number of rotatable bonds is 6. The summed E-state index contributed by atoms with van der Waals surface area (Å²) in [4.78, 5) is 24.0. The SMILES string of the molecule is CCOC(=O)C1=C(CNc2ccc(Br)cc2)NC(=O)N[C@H]1CC. The smallest absolute Gasteiger partial charge is 0.337 e. The monoisotopic (exact) mass is 381 g/mol. The zero-order chi connectivity index (χ0) is 16.8. The number of esters is 1. The van der Waals surface area contributed by atoms with Crippen molar-refractivity contribution in [2.45, 2.75) is 26.3 Å². The van der Waals surface area contributed by atoms with Gasteiger partial charge in [-0.15, -0.1) is 0 Å². The van der Waals surface area contributed by atoms with Gasteiger partial charge in [-0.25, -0.2) is 9.59 Å². The van der Waals surface area contributed by atoms with Crippen LogP contribution in [0.1, 0.15) is 20.3 Å². The van der Waals surface area contributed by atoms with Gasteiger partial charge in [-0.1, -0.05) is 22.9 Å². The van der Waals surface area contributed by atoms with Crippen molar-refractivity contribution in [1.82, 2.24) is 10.6 Å². The molecule has 1 aromatic rings. The first-order valence-electron chi connectivity index (χ1n) is 7.52. The fourth-order valence-electron chi connectivity index (χ4n) is 2.36. The average molecular weight is 382 g/mol. The number of ether oxygens (including phenoxy) is 1. The maximum Gasteiger partial charge on any atom is 0.337 e. The lowest BCUT2D eigenvalue weighted by Gasteiger charge is -2.28. The molecule has 6 nitrogen and oxygen atoms in total. The van der Waals surface area contributed by atoms with Crippen molar-refractivity contribution in [2.75, 3.05) is 18.5 Å². The van der Waals surface area contributed by atoms with Gasteiger partial charge in [0.15, 0.2) is 0 Å². The highest BCUT2D eigenvalue weighted by Gasteiger charge is 2.31. The second kappa shape index (κ2) is 8.01. The Morgan fingerprint density at radius 1 is 1.30 bits per heavy atom. The highest BCUT2D eigenvalue weighted by Crippen LogP contribution is 2.19. The van der Waals surface area contributed by atoms with E-state index in [-0.39, 0.29) is 12.1 Å². The van der Waals surface area contributed by atoms with Crippen LogP contribution in [-0.2, 0) is 9.53 Å². The molecule has 0 saturated carbocycles. The largest absolute Gasteiger partial charge is 0.463 e. The van der Waals surface area contributed by atoms with Crippen molar-refractivity contribution in [1.29, 1.82) is 0 Å². The Kier molecular flexibility index (Phi) is 6.04.